The minimum Gasteiger partial charge on any atom is -0.650 e. The first kappa shape index (κ1) is 11.1. The van der Waals surface area contributed by atoms with Crippen molar-refractivity contribution in [2.45, 2.75) is 11.8 Å². The van der Waals surface area contributed by atoms with Crippen LogP contribution in [0.3, 0.4) is 0 Å². The van der Waals surface area contributed by atoms with E-state index in [1.54, 1.807) is 11.8 Å². The maximum atomic E-state index is 5.84. The number of thioether (sulfide) groups is 1. The van der Waals surface area contributed by atoms with Gasteiger partial charge in [-0.25, -0.2) is 0 Å². The van der Waals surface area contributed by atoms with Crippen LogP contribution < -0.4 is 18.9 Å². The van der Waals surface area contributed by atoms with Crippen molar-refractivity contribution in [1.29, 1.82) is 0 Å². The van der Waals surface area contributed by atoms with E-state index in [0.29, 0.717) is 0 Å². The monoisotopic (exact) mass is 203 g/mol. The van der Waals surface area contributed by atoms with Crippen molar-refractivity contribution in [3.63, 3.8) is 0 Å². The third-order valence-corrected chi connectivity index (χ3v) is 3.04. The molecule has 2 rings (SSSR count). The third kappa shape index (κ3) is 2.27. The van der Waals surface area contributed by atoms with Crippen LogP contribution in [-0.4, -0.2) is 0 Å². The molecular weight excluding hydrogens is 197 g/mol. The first-order valence-electron chi connectivity index (χ1n) is 3.62. The molecule has 0 bridgehead atoms. The second kappa shape index (κ2) is 4.48. The molecule has 1 aliphatic rings. The number of para-hydroxylation sites is 1. The average molecular weight is 204 g/mol. The van der Waals surface area contributed by atoms with Gasteiger partial charge in [0.05, 0.1) is 0 Å². The molecule has 0 aromatic heterocycles. The van der Waals surface area contributed by atoms with Crippen LogP contribution in [0, 0.1) is 0 Å². The summed E-state index contributed by atoms with van der Waals surface area (Å²) in [6, 6.07) is 8.04. The maximum Gasteiger partial charge on any atom is 1.00 e. The zero-order valence-electron chi connectivity index (χ0n) is 7.54. The number of benzene rings is 1. The van der Waals surface area contributed by atoms with Crippen LogP contribution in [0.15, 0.2) is 39.2 Å². The molecule has 0 N–H and O–H groups in total. The number of fused-ring (bicyclic) bond motifs is 1. The molecule has 1 nitrogen and oxygen atoms in total. The number of halogens is 1. The van der Waals surface area contributed by atoms with Gasteiger partial charge in [-0.2, -0.15) is 0 Å². The van der Waals surface area contributed by atoms with Crippen molar-refractivity contribution >= 4 is 29.1 Å². The van der Waals surface area contributed by atoms with Crippen molar-refractivity contribution < 1.29 is 18.9 Å². The maximum absolute atomic E-state index is 5.84. The summed E-state index contributed by atoms with van der Waals surface area (Å²) in [5, 5.41) is 6.04. The second-order valence-corrected chi connectivity index (χ2v) is 4.12. The SMILES string of the molecule is C/C(Cl)=C1\[N-]c2ccccc2S1.[Li+]. The van der Waals surface area contributed by atoms with E-state index in [-0.39, 0.29) is 18.9 Å². The third-order valence-electron chi connectivity index (χ3n) is 1.59. The zero-order chi connectivity index (χ0) is 8.55. The van der Waals surface area contributed by atoms with Gasteiger partial charge in [-0.15, -0.1) is 17.4 Å². The van der Waals surface area contributed by atoms with Crippen LogP contribution >= 0.6 is 23.4 Å². The summed E-state index contributed by atoms with van der Waals surface area (Å²) in [5.74, 6) is 0. The summed E-state index contributed by atoms with van der Waals surface area (Å²) in [6.07, 6.45) is 0. The summed E-state index contributed by atoms with van der Waals surface area (Å²) in [7, 11) is 0. The number of rotatable bonds is 0. The van der Waals surface area contributed by atoms with Gasteiger partial charge in [-0.3, -0.25) is 0 Å². The van der Waals surface area contributed by atoms with Crippen molar-refractivity contribution in [3.8, 4) is 0 Å². The molecule has 0 saturated heterocycles. The molecule has 1 aromatic carbocycles. The summed E-state index contributed by atoms with van der Waals surface area (Å²) in [6.45, 7) is 1.86. The molecule has 1 aliphatic heterocycles. The number of nitrogens with zero attached hydrogens (tertiary/aromatic N) is 1. The molecule has 0 saturated carbocycles. The smallest absolute Gasteiger partial charge is 0.650 e. The molecule has 1 aromatic rings. The van der Waals surface area contributed by atoms with Gasteiger partial charge in [0.15, 0.2) is 0 Å². The van der Waals surface area contributed by atoms with E-state index < -0.39 is 0 Å². The predicted molar refractivity (Wildman–Crippen MR) is 53.9 cm³/mol. The van der Waals surface area contributed by atoms with Gasteiger partial charge in [-0.05, 0) is 17.9 Å². The van der Waals surface area contributed by atoms with Crippen LogP contribution in [0.1, 0.15) is 6.92 Å². The van der Waals surface area contributed by atoms with E-state index in [2.05, 4.69) is 11.4 Å². The molecule has 4 heteroatoms. The minimum atomic E-state index is 0. The predicted octanol–water partition coefficient (Wildman–Crippen LogP) is 1.23. The van der Waals surface area contributed by atoms with Gasteiger partial charge >= 0.3 is 18.9 Å². The van der Waals surface area contributed by atoms with Crippen molar-refractivity contribution in [2.75, 3.05) is 0 Å². The number of allylic oxidation sites excluding steroid dienone is 1. The first-order chi connectivity index (χ1) is 5.77. The van der Waals surface area contributed by atoms with Crippen LogP contribution in [0.4, 0.5) is 5.69 Å². The van der Waals surface area contributed by atoms with Gasteiger partial charge < -0.3 is 5.32 Å². The first-order valence-corrected chi connectivity index (χ1v) is 4.82. The fourth-order valence-electron chi connectivity index (χ4n) is 1.02. The Bertz CT molecular complexity index is 320. The molecule has 0 fully saturated rings. The van der Waals surface area contributed by atoms with E-state index in [0.717, 1.165) is 15.7 Å². The Morgan fingerprint density at radius 3 is 2.69 bits per heavy atom. The molecular formula is C9H7ClLiNS. The Hall–Kier alpha value is -0.00260. The van der Waals surface area contributed by atoms with Gasteiger partial charge in [0.1, 0.15) is 0 Å². The van der Waals surface area contributed by atoms with E-state index in [1.165, 1.54) is 4.90 Å². The van der Waals surface area contributed by atoms with Gasteiger partial charge in [0.25, 0.3) is 0 Å². The molecule has 62 valence electrons. The minimum absolute atomic E-state index is 0. The van der Waals surface area contributed by atoms with Crippen molar-refractivity contribution in [3.05, 3.63) is 39.6 Å². The average Bonchev–Trinajstić information content (AvgIpc) is 2.46. The van der Waals surface area contributed by atoms with Crippen LogP contribution in [0.2, 0.25) is 0 Å². The van der Waals surface area contributed by atoms with E-state index >= 15 is 0 Å². The molecule has 0 atom stereocenters. The molecule has 13 heavy (non-hydrogen) atoms. The standard InChI is InChI=1S/C9H7ClNS.Li/c1-6(10)9-11-7-4-2-3-5-8(7)12-9;/h2-5H,1H3;/q-1;+1/b9-6-;. The second-order valence-electron chi connectivity index (χ2n) is 2.52. The summed E-state index contributed by atoms with van der Waals surface area (Å²) in [4.78, 5) is 1.19. The number of hydrogen-bond acceptors (Lipinski definition) is 1. The quantitative estimate of drug-likeness (QED) is 0.579. The van der Waals surface area contributed by atoms with Gasteiger partial charge in [0, 0.05) is 5.03 Å². The Morgan fingerprint density at radius 1 is 1.38 bits per heavy atom. The normalized spacial score (nSPS) is 17.1. The topological polar surface area (TPSA) is 14.1 Å². The molecule has 0 amide bonds. The summed E-state index contributed by atoms with van der Waals surface area (Å²) < 4.78 is 0. The van der Waals surface area contributed by atoms with Gasteiger partial charge in [0.2, 0.25) is 0 Å². The summed E-state index contributed by atoms with van der Waals surface area (Å²) >= 11 is 7.46. The Balaban J connectivity index is 0.000000845. The number of hydrogen-bond donors (Lipinski definition) is 0. The Kier molecular flexibility index (Phi) is 3.82. The fourth-order valence-corrected chi connectivity index (χ4v) is 2.04. The van der Waals surface area contributed by atoms with Crippen LogP contribution in [0.5, 0.6) is 0 Å². The molecule has 0 aliphatic carbocycles. The van der Waals surface area contributed by atoms with Crippen molar-refractivity contribution in [1.82, 2.24) is 0 Å². The zero-order valence-corrected chi connectivity index (χ0v) is 9.12. The molecule has 1 heterocycles. The fraction of sp³-hybridized carbons (Fsp3) is 0.111. The molecule has 0 spiro atoms. The van der Waals surface area contributed by atoms with Crippen molar-refractivity contribution in [2.24, 2.45) is 0 Å². The Morgan fingerprint density at radius 2 is 2.08 bits per heavy atom. The van der Waals surface area contributed by atoms with Crippen LogP contribution in [-0.2, 0) is 0 Å². The van der Waals surface area contributed by atoms with E-state index in [9.17, 15) is 0 Å². The largest absolute Gasteiger partial charge is 1.00 e. The van der Waals surface area contributed by atoms with E-state index in [4.69, 9.17) is 11.6 Å². The summed E-state index contributed by atoms with van der Waals surface area (Å²) in [5.41, 5.74) is 1.03. The van der Waals surface area contributed by atoms with E-state index in [1.807, 2.05) is 25.1 Å². The Labute approximate surface area is 99.1 Å². The molecule has 0 radical (unpaired) electrons. The van der Waals surface area contributed by atoms with Gasteiger partial charge in [-0.1, -0.05) is 34.8 Å². The van der Waals surface area contributed by atoms with Crippen LogP contribution in [0.25, 0.3) is 5.32 Å². The molecule has 0 unspecified atom stereocenters.